The van der Waals surface area contributed by atoms with Gasteiger partial charge in [0.2, 0.25) is 0 Å². The highest BCUT2D eigenvalue weighted by Gasteiger charge is 2.62. The molecule has 1 aromatic carbocycles. The second kappa shape index (κ2) is 12.5. The quantitative estimate of drug-likeness (QED) is 0.240. The van der Waals surface area contributed by atoms with Crippen LogP contribution in [0.3, 0.4) is 0 Å². The summed E-state index contributed by atoms with van der Waals surface area (Å²) in [7, 11) is -5.76. The highest BCUT2D eigenvalue weighted by Crippen LogP contribution is 2.49. The van der Waals surface area contributed by atoms with Crippen molar-refractivity contribution in [1.29, 1.82) is 0 Å². The molecule has 0 radical (unpaired) electrons. The molecule has 3 aromatic rings. The summed E-state index contributed by atoms with van der Waals surface area (Å²) < 4.78 is 42.6. The van der Waals surface area contributed by atoms with Crippen molar-refractivity contribution >= 4 is 51.6 Å². The molecule has 0 amide bonds. The van der Waals surface area contributed by atoms with Crippen molar-refractivity contribution < 1.29 is 27.2 Å². The summed E-state index contributed by atoms with van der Waals surface area (Å²) in [5.41, 5.74) is 7.74. The van der Waals surface area contributed by atoms with Crippen LogP contribution in [0.1, 0.15) is 61.6 Å². The first kappa shape index (κ1) is 31.9. The van der Waals surface area contributed by atoms with E-state index in [0.717, 1.165) is 0 Å². The third kappa shape index (κ3) is 5.85. The SMILES string of the molecule is CC(C)[Si]1(C(C)C)OC[C@@H]2O[C@H](n3cnc4c(N)ncnc43)C(OC(=S)Oc3ccccc3)C2O[Si](C(C)C)(C(C)C)O1. The van der Waals surface area contributed by atoms with E-state index in [2.05, 4.69) is 70.3 Å². The summed E-state index contributed by atoms with van der Waals surface area (Å²) in [4.78, 5) is 13.0. The van der Waals surface area contributed by atoms with Crippen molar-refractivity contribution in [3.05, 3.63) is 43.0 Å². The van der Waals surface area contributed by atoms with Crippen LogP contribution in [-0.4, -0.2) is 66.8 Å². The summed E-state index contributed by atoms with van der Waals surface area (Å²) in [6.45, 7) is 17.8. The lowest BCUT2D eigenvalue weighted by Gasteiger charge is -2.51. The number of rotatable bonds is 7. The van der Waals surface area contributed by atoms with Gasteiger partial charge in [0.05, 0.1) is 12.9 Å². The molecular weight excluding hydrogens is 603 g/mol. The molecule has 43 heavy (non-hydrogen) atoms. The minimum absolute atomic E-state index is 0.0500. The van der Waals surface area contributed by atoms with E-state index in [4.69, 9.17) is 45.1 Å². The van der Waals surface area contributed by atoms with E-state index >= 15 is 0 Å². The van der Waals surface area contributed by atoms with Crippen LogP contribution in [0.25, 0.3) is 11.2 Å². The monoisotopic (exact) mass is 645 g/mol. The Kier molecular flexibility index (Phi) is 9.28. The van der Waals surface area contributed by atoms with Gasteiger partial charge in [-0.1, -0.05) is 73.6 Å². The molecule has 11 nitrogen and oxygen atoms in total. The zero-order valence-electron chi connectivity index (χ0n) is 26.1. The minimum atomic E-state index is -2.99. The standard InChI is InChI=1S/C29H43N5O6SSi2/c1-17(2)42(18(3)4)35-14-22-24(39-43(40-42,19(5)6)20(7)8)25(38-29(41)36-21-12-10-9-11-13-21)28(37-22)34-16-33-23-26(30)31-15-32-27(23)34/h9-13,15-20,22,24-25,28H,14H2,1-8H3,(H2,30,31,32)/t22-,24?,25?,28-/m0/s1. The average molecular weight is 646 g/mol. The number of hydrogen-bond donors (Lipinski definition) is 1. The number of nitrogen functional groups attached to an aromatic ring is 1. The number of aromatic nitrogens is 4. The number of nitrogens with two attached hydrogens (primary N) is 1. The average Bonchev–Trinajstić information content (AvgIpc) is 3.50. The van der Waals surface area contributed by atoms with Gasteiger partial charge in [0, 0.05) is 12.2 Å². The first-order chi connectivity index (χ1) is 20.4. The zero-order chi connectivity index (χ0) is 31.1. The normalized spacial score (nSPS) is 25.2. The number of anilines is 1. The number of nitrogens with zero attached hydrogens (tertiary/aromatic N) is 4. The number of thiocarbonyl (C=S) groups is 1. The molecule has 234 valence electrons. The van der Waals surface area contributed by atoms with Crippen LogP contribution in [0.5, 0.6) is 5.75 Å². The molecular formula is C29H43N5O6SSi2. The molecule has 2 aliphatic heterocycles. The zero-order valence-corrected chi connectivity index (χ0v) is 28.9. The largest absolute Gasteiger partial charge is 0.446 e. The summed E-state index contributed by atoms with van der Waals surface area (Å²) >= 11 is 5.62. The molecule has 0 aliphatic carbocycles. The third-order valence-electron chi connectivity index (χ3n) is 8.45. The minimum Gasteiger partial charge on any atom is -0.446 e. The first-order valence-electron chi connectivity index (χ1n) is 14.9. The smallest absolute Gasteiger partial charge is 0.358 e. The van der Waals surface area contributed by atoms with Gasteiger partial charge < -0.3 is 32.9 Å². The number of fused-ring (bicyclic) bond motifs is 2. The molecule has 14 heteroatoms. The van der Waals surface area contributed by atoms with Crippen molar-refractivity contribution in [2.75, 3.05) is 12.3 Å². The van der Waals surface area contributed by atoms with Crippen molar-refractivity contribution in [2.24, 2.45) is 0 Å². The fraction of sp³-hybridized carbons (Fsp3) is 0.586. The highest BCUT2D eigenvalue weighted by atomic mass is 32.1. The molecule has 2 unspecified atom stereocenters. The Morgan fingerprint density at radius 2 is 1.60 bits per heavy atom. The van der Waals surface area contributed by atoms with Gasteiger partial charge in [-0.15, -0.1) is 0 Å². The fourth-order valence-electron chi connectivity index (χ4n) is 6.25. The fourth-order valence-corrected chi connectivity index (χ4v) is 17.7. The summed E-state index contributed by atoms with van der Waals surface area (Å²) in [5.74, 6) is 0.841. The van der Waals surface area contributed by atoms with E-state index in [-0.39, 0.29) is 39.8 Å². The molecule has 4 heterocycles. The van der Waals surface area contributed by atoms with Crippen LogP contribution < -0.4 is 10.5 Å². The van der Waals surface area contributed by atoms with E-state index in [0.29, 0.717) is 16.9 Å². The summed E-state index contributed by atoms with van der Waals surface area (Å²) in [5, 5.41) is -0.0500. The van der Waals surface area contributed by atoms with Gasteiger partial charge in [0.1, 0.15) is 29.8 Å². The van der Waals surface area contributed by atoms with Gasteiger partial charge in [-0.05, 0) is 34.3 Å². The number of imidazole rings is 1. The molecule has 5 rings (SSSR count). The molecule has 0 bridgehead atoms. The third-order valence-corrected chi connectivity index (χ3v) is 18.9. The lowest BCUT2D eigenvalue weighted by atomic mass is 10.1. The molecule has 0 saturated carbocycles. The van der Waals surface area contributed by atoms with Crippen LogP contribution in [0.15, 0.2) is 43.0 Å². The number of benzene rings is 1. The lowest BCUT2D eigenvalue weighted by molar-refractivity contribution is -0.0569. The van der Waals surface area contributed by atoms with E-state index in [1.54, 1.807) is 10.9 Å². The van der Waals surface area contributed by atoms with Gasteiger partial charge in [0.15, 0.2) is 23.8 Å². The topological polar surface area (TPSA) is 125 Å². The Balaban J connectivity index is 1.60. The molecule has 2 N–H and O–H groups in total. The van der Waals surface area contributed by atoms with Crippen LogP contribution >= 0.6 is 12.2 Å². The van der Waals surface area contributed by atoms with Crippen LogP contribution in [-0.2, 0) is 22.4 Å². The predicted molar refractivity (Wildman–Crippen MR) is 172 cm³/mol. The lowest BCUT2D eigenvalue weighted by Crippen LogP contribution is -2.66. The van der Waals surface area contributed by atoms with Crippen LogP contribution in [0.2, 0.25) is 22.2 Å². The maximum atomic E-state index is 7.38. The van der Waals surface area contributed by atoms with Crippen molar-refractivity contribution in [3.8, 4) is 5.75 Å². The number of para-hydroxylation sites is 1. The number of ether oxygens (including phenoxy) is 3. The Bertz CT molecular complexity index is 1410. The Labute approximate surface area is 260 Å². The molecule has 2 aliphatic rings. The first-order valence-corrected chi connectivity index (χ1v) is 19.3. The van der Waals surface area contributed by atoms with Crippen LogP contribution in [0, 0.1) is 0 Å². The number of hydrogen-bond acceptors (Lipinski definition) is 11. The van der Waals surface area contributed by atoms with Crippen LogP contribution in [0.4, 0.5) is 5.82 Å². The summed E-state index contributed by atoms with van der Waals surface area (Å²) in [6.07, 6.45) is 0.504. The van der Waals surface area contributed by atoms with E-state index < -0.39 is 41.7 Å². The van der Waals surface area contributed by atoms with Gasteiger partial charge >= 0.3 is 22.4 Å². The van der Waals surface area contributed by atoms with E-state index in [1.165, 1.54) is 6.33 Å². The Hall–Kier alpha value is -2.47. The maximum absolute atomic E-state index is 7.38. The Morgan fingerprint density at radius 1 is 0.953 bits per heavy atom. The predicted octanol–water partition coefficient (Wildman–Crippen LogP) is 6.01. The van der Waals surface area contributed by atoms with Crippen molar-refractivity contribution in [2.45, 2.75) is 102 Å². The molecule has 2 aromatic heterocycles. The molecule has 2 fully saturated rings. The van der Waals surface area contributed by atoms with Crippen molar-refractivity contribution in [3.63, 3.8) is 0 Å². The maximum Gasteiger partial charge on any atom is 0.358 e. The highest BCUT2D eigenvalue weighted by molar-refractivity contribution is 7.79. The molecule has 0 spiro atoms. The Morgan fingerprint density at radius 3 is 2.23 bits per heavy atom. The molecule has 2 saturated heterocycles. The van der Waals surface area contributed by atoms with Gasteiger partial charge in [-0.25, -0.2) is 15.0 Å². The second-order valence-electron chi connectivity index (χ2n) is 12.5. The second-order valence-corrected chi connectivity index (χ2v) is 21.6. The molecule has 4 atom stereocenters. The van der Waals surface area contributed by atoms with E-state index in [9.17, 15) is 0 Å². The van der Waals surface area contributed by atoms with Gasteiger partial charge in [0.25, 0.3) is 0 Å². The van der Waals surface area contributed by atoms with Crippen molar-refractivity contribution in [1.82, 2.24) is 19.5 Å². The van der Waals surface area contributed by atoms with Gasteiger partial charge in [-0.3, -0.25) is 4.57 Å². The van der Waals surface area contributed by atoms with Gasteiger partial charge in [-0.2, -0.15) is 0 Å². The summed E-state index contributed by atoms with van der Waals surface area (Å²) in [6, 6.07) is 9.27. The van der Waals surface area contributed by atoms with E-state index in [1.807, 2.05) is 30.3 Å².